The van der Waals surface area contributed by atoms with Crippen molar-refractivity contribution < 1.29 is 35.1 Å². The van der Waals surface area contributed by atoms with Crippen molar-refractivity contribution in [3.63, 3.8) is 0 Å². The van der Waals surface area contributed by atoms with E-state index in [2.05, 4.69) is 10.1 Å². The van der Waals surface area contributed by atoms with Gasteiger partial charge in [0, 0.05) is 0 Å². The Hall–Kier alpha value is -1.42. The molecular weight excluding hydrogens is 278 g/mol. The smallest absolute Gasteiger partial charge is 0.220 e. The van der Waals surface area contributed by atoms with Gasteiger partial charge in [-0.25, -0.2) is 4.98 Å². The highest BCUT2D eigenvalue weighted by molar-refractivity contribution is 5.10. The van der Waals surface area contributed by atoms with E-state index in [0.717, 1.165) is 0 Å². The normalized spacial score (nSPS) is 27.3. The largest absolute Gasteiger partial charge is 0.414 e. The lowest BCUT2D eigenvalue weighted by Gasteiger charge is -2.33. The van der Waals surface area contributed by atoms with Crippen LogP contribution < -0.4 is 0 Å². The maximum Gasteiger partial charge on any atom is 0.414 e. The van der Waals surface area contributed by atoms with Crippen molar-refractivity contribution in [1.29, 1.82) is 0 Å². The molecule has 0 atom stereocenters. The molecule has 0 unspecified atom stereocenters. The minimum Gasteiger partial charge on any atom is -0.220 e. The van der Waals surface area contributed by atoms with E-state index in [1.807, 2.05) is 0 Å². The molecule has 0 spiro atoms. The van der Waals surface area contributed by atoms with E-state index in [1.54, 1.807) is 0 Å². The van der Waals surface area contributed by atoms with Gasteiger partial charge < -0.3 is 0 Å². The Balaban J connectivity index is 2.74. The highest BCUT2D eigenvalue weighted by Gasteiger charge is 2.83. The van der Waals surface area contributed by atoms with Crippen molar-refractivity contribution in [2.75, 3.05) is 0 Å². The molecule has 0 saturated heterocycles. The minimum absolute atomic E-state index is 0.304. The summed E-state index contributed by atoms with van der Waals surface area (Å²) in [4.78, 5) is 2.86. The van der Waals surface area contributed by atoms with Gasteiger partial charge in [-0.3, -0.25) is 0 Å². The Morgan fingerprint density at radius 1 is 0.944 bits per heavy atom. The lowest BCUT2D eigenvalue weighted by molar-refractivity contribution is -0.383. The van der Waals surface area contributed by atoms with Crippen LogP contribution in [0.1, 0.15) is 5.82 Å². The second-order valence-corrected chi connectivity index (χ2v) is 3.66. The average molecular weight is 281 g/mol. The Bertz CT molecular complexity index is 479. The van der Waals surface area contributed by atoms with Crippen LogP contribution in [0, 0.1) is 0 Å². The van der Waals surface area contributed by atoms with E-state index < -0.39 is 40.7 Å². The SMILES string of the molecule is FC1(F)Cc2ncnn2C(F)(F)C(F)(F)C1(F)F. The summed E-state index contributed by atoms with van der Waals surface area (Å²) in [7, 11) is 0. The number of halogens is 8. The van der Waals surface area contributed by atoms with Crippen LogP contribution in [-0.4, -0.2) is 32.5 Å². The van der Waals surface area contributed by atoms with Gasteiger partial charge in [-0.15, -0.1) is 0 Å². The summed E-state index contributed by atoms with van der Waals surface area (Å²) in [6.45, 7) is 0. The number of alkyl halides is 8. The zero-order chi connectivity index (χ0) is 14.0. The van der Waals surface area contributed by atoms with Gasteiger partial charge in [0.2, 0.25) is 0 Å². The van der Waals surface area contributed by atoms with Crippen LogP contribution >= 0.6 is 0 Å². The minimum atomic E-state index is -6.30. The van der Waals surface area contributed by atoms with Crippen LogP contribution in [-0.2, 0) is 12.5 Å². The molecule has 0 bridgehead atoms. The summed E-state index contributed by atoms with van der Waals surface area (Å²) in [6.07, 6.45) is -1.76. The third kappa shape index (κ3) is 1.24. The van der Waals surface area contributed by atoms with E-state index in [0.29, 0.717) is 6.33 Å². The quantitative estimate of drug-likeness (QED) is 0.683. The van der Waals surface area contributed by atoms with Crippen molar-refractivity contribution in [3.8, 4) is 0 Å². The van der Waals surface area contributed by atoms with Gasteiger partial charge in [-0.2, -0.15) is 44.9 Å². The first-order valence-electron chi connectivity index (χ1n) is 4.36. The zero-order valence-corrected chi connectivity index (χ0v) is 8.15. The van der Waals surface area contributed by atoms with E-state index in [-0.39, 0.29) is 0 Å². The molecule has 0 radical (unpaired) electrons. The van der Waals surface area contributed by atoms with Gasteiger partial charge in [0.1, 0.15) is 12.2 Å². The molecule has 11 heteroatoms. The predicted molar refractivity (Wildman–Crippen MR) is 38.8 cm³/mol. The standard InChI is InChI=1S/C7H3F8N3/c8-4(9)1-3-16-2-17-18(3)7(14,15)6(12,13)5(4,10)11/h2H,1H2. The number of rotatable bonds is 0. The van der Waals surface area contributed by atoms with Crippen molar-refractivity contribution >= 4 is 0 Å². The van der Waals surface area contributed by atoms with Crippen LogP contribution in [0.15, 0.2) is 6.33 Å². The molecule has 102 valence electrons. The number of aromatic nitrogens is 3. The summed E-state index contributed by atoms with van der Waals surface area (Å²) in [5, 5.41) is 2.61. The third-order valence-corrected chi connectivity index (χ3v) is 2.50. The first kappa shape index (κ1) is 13.0. The van der Waals surface area contributed by atoms with E-state index in [9.17, 15) is 35.1 Å². The lowest BCUT2D eigenvalue weighted by atomic mass is 10.0. The number of fused-ring (bicyclic) bond motifs is 1. The number of hydrogen-bond donors (Lipinski definition) is 0. The van der Waals surface area contributed by atoms with Gasteiger partial charge in [0.25, 0.3) is 0 Å². The first-order chi connectivity index (χ1) is 7.95. The van der Waals surface area contributed by atoms with Crippen LogP contribution in [0.3, 0.4) is 0 Å². The highest BCUT2D eigenvalue weighted by atomic mass is 19.4. The molecule has 0 N–H and O–H groups in total. The summed E-state index contributed by atoms with van der Waals surface area (Å²) in [6, 6.07) is -5.61. The van der Waals surface area contributed by atoms with Crippen molar-refractivity contribution in [2.45, 2.75) is 30.2 Å². The van der Waals surface area contributed by atoms with Crippen molar-refractivity contribution in [1.82, 2.24) is 14.8 Å². The fourth-order valence-electron chi connectivity index (χ4n) is 1.48. The number of hydrogen-bond acceptors (Lipinski definition) is 2. The molecule has 1 aromatic rings. The van der Waals surface area contributed by atoms with Crippen LogP contribution in [0.5, 0.6) is 0 Å². The average Bonchev–Trinajstić information content (AvgIpc) is 2.62. The topological polar surface area (TPSA) is 30.7 Å². The molecule has 0 saturated carbocycles. The second kappa shape index (κ2) is 3.12. The molecular formula is C7H3F8N3. The molecule has 1 aromatic heterocycles. The van der Waals surface area contributed by atoms with Crippen LogP contribution in [0.4, 0.5) is 35.1 Å². The molecule has 18 heavy (non-hydrogen) atoms. The summed E-state index contributed by atoms with van der Waals surface area (Å²) >= 11 is 0. The van der Waals surface area contributed by atoms with Gasteiger partial charge in [0.15, 0.2) is 0 Å². The molecule has 0 amide bonds. The summed E-state index contributed by atoms with van der Waals surface area (Å²) in [5.41, 5.74) is 0. The van der Waals surface area contributed by atoms with Gasteiger partial charge in [-0.05, 0) is 0 Å². The predicted octanol–water partition coefficient (Wildman–Crippen LogP) is 2.29. The van der Waals surface area contributed by atoms with Crippen molar-refractivity contribution in [2.24, 2.45) is 0 Å². The first-order valence-corrected chi connectivity index (χ1v) is 4.36. The van der Waals surface area contributed by atoms with E-state index in [1.165, 1.54) is 0 Å². The molecule has 0 aliphatic carbocycles. The molecule has 0 fully saturated rings. The van der Waals surface area contributed by atoms with E-state index in [4.69, 9.17) is 0 Å². The molecule has 3 nitrogen and oxygen atoms in total. The highest BCUT2D eigenvalue weighted by Crippen LogP contribution is 2.56. The zero-order valence-electron chi connectivity index (χ0n) is 8.15. The molecule has 2 rings (SSSR count). The van der Waals surface area contributed by atoms with Crippen molar-refractivity contribution in [3.05, 3.63) is 12.2 Å². The van der Waals surface area contributed by atoms with Crippen LogP contribution in [0.25, 0.3) is 0 Å². The maximum atomic E-state index is 13.2. The van der Waals surface area contributed by atoms with E-state index >= 15 is 0 Å². The molecule has 0 aromatic carbocycles. The third-order valence-electron chi connectivity index (χ3n) is 2.50. The Morgan fingerprint density at radius 2 is 1.50 bits per heavy atom. The Morgan fingerprint density at radius 3 is 2.06 bits per heavy atom. The number of nitrogens with zero attached hydrogens (tertiary/aromatic N) is 3. The monoisotopic (exact) mass is 281 g/mol. The van der Waals surface area contributed by atoms with Gasteiger partial charge in [0.05, 0.1) is 6.42 Å². The fourth-order valence-corrected chi connectivity index (χ4v) is 1.48. The summed E-state index contributed by atoms with van der Waals surface area (Å²) in [5.74, 6) is -19.3. The maximum absolute atomic E-state index is 13.2. The molecule has 2 heterocycles. The van der Waals surface area contributed by atoms with Gasteiger partial charge >= 0.3 is 23.8 Å². The van der Waals surface area contributed by atoms with Gasteiger partial charge in [-0.1, -0.05) is 0 Å². The summed E-state index contributed by atoms with van der Waals surface area (Å²) < 4.78 is 103. The molecule has 1 aliphatic heterocycles. The van der Waals surface area contributed by atoms with Crippen LogP contribution in [0.2, 0.25) is 0 Å². The fraction of sp³-hybridized carbons (Fsp3) is 0.714. The Kier molecular flexibility index (Phi) is 2.26. The Labute approximate surface area is 93.4 Å². The lowest BCUT2D eigenvalue weighted by Crippen LogP contribution is -2.61. The molecule has 1 aliphatic rings. The second-order valence-electron chi connectivity index (χ2n) is 3.66.